The van der Waals surface area contributed by atoms with Gasteiger partial charge in [-0.2, -0.15) is 0 Å². The van der Waals surface area contributed by atoms with E-state index in [-0.39, 0.29) is 18.2 Å². The molecule has 3 N–H and O–H groups in total. The predicted octanol–water partition coefficient (Wildman–Crippen LogP) is 1.61. The fourth-order valence-electron chi connectivity index (χ4n) is 3.69. The van der Waals surface area contributed by atoms with Gasteiger partial charge in [-0.1, -0.05) is 19.8 Å². The number of carbonyl (C=O) groups is 2. The largest absolute Gasteiger partial charge is 0.481 e. The Kier molecular flexibility index (Phi) is 4.68. The van der Waals surface area contributed by atoms with Gasteiger partial charge >= 0.3 is 5.97 Å². The lowest BCUT2D eigenvalue weighted by atomic mass is 9.76. The van der Waals surface area contributed by atoms with E-state index < -0.39 is 11.5 Å². The highest BCUT2D eigenvalue weighted by Gasteiger charge is 2.41. The Bertz CT molecular complexity index is 377. The molecule has 2 aliphatic rings. The number of aliphatic carboxylic acids is 1. The van der Waals surface area contributed by atoms with Crippen LogP contribution >= 0.6 is 0 Å². The Balaban J connectivity index is 1.89. The Labute approximate surface area is 120 Å². The summed E-state index contributed by atoms with van der Waals surface area (Å²) in [4.78, 5) is 25.2. The minimum atomic E-state index is -0.744. The maximum Gasteiger partial charge on any atom is 0.303 e. The zero-order valence-electron chi connectivity index (χ0n) is 12.3. The second-order valence-corrected chi connectivity index (χ2v) is 6.69. The zero-order valence-corrected chi connectivity index (χ0v) is 12.3. The summed E-state index contributed by atoms with van der Waals surface area (Å²) >= 11 is 0. The molecule has 0 spiro atoms. The molecule has 2 unspecified atom stereocenters. The summed E-state index contributed by atoms with van der Waals surface area (Å²) in [6.07, 6.45) is 5.53. The highest BCUT2D eigenvalue weighted by molar-refractivity contribution is 5.86. The number of hydrogen-bond acceptors (Lipinski definition) is 3. The average Bonchev–Trinajstić information content (AvgIpc) is 2.38. The molecule has 1 aliphatic carbocycles. The molecule has 2 rings (SSSR count). The number of carbonyl (C=O) groups excluding carboxylic acids is 1. The number of nitrogens with zero attached hydrogens (tertiary/aromatic N) is 1. The van der Waals surface area contributed by atoms with E-state index in [2.05, 4.69) is 6.92 Å². The number of amides is 1. The van der Waals surface area contributed by atoms with E-state index in [1.54, 1.807) is 0 Å². The monoisotopic (exact) mass is 282 g/mol. The summed E-state index contributed by atoms with van der Waals surface area (Å²) < 4.78 is 0. The Morgan fingerprint density at radius 1 is 1.30 bits per heavy atom. The smallest absolute Gasteiger partial charge is 0.303 e. The molecular weight excluding hydrogens is 256 g/mol. The molecule has 0 aromatic carbocycles. The Morgan fingerprint density at radius 2 is 1.95 bits per heavy atom. The molecule has 1 aliphatic heterocycles. The first-order chi connectivity index (χ1) is 9.40. The average molecular weight is 282 g/mol. The summed E-state index contributed by atoms with van der Waals surface area (Å²) in [5, 5.41) is 8.81. The van der Waals surface area contributed by atoms with Crippen LogP contribution in [0.3, 0.4) is 0 Å². The van der Waals surface area contributed by atoms with E-state index in [1.807, 2.05) is 4.90 Å². The quantitative estimate of drug-likeness (QED) is 0.823. The van der Waals surface area contributed by atoms with Crippen molar-refractivity contribution in [3.8, 4) is 0 Å². The fraction of sp³-hybridized carbons (Fsp3) is 0.867. The van der Waals surface area contributed by atoms with E-state index >= 15 is 0 Å². The van der Waals surface area contributed by atoms with Crippen LogP contribution in [0.25, 0.3) is 0 Å². The number of likely N-dealkylation sites (tertiary alicyclic amines) is 1. The summed E-state index contributed by atoms with van der Waals surface area (Å²) in [6, 6.07) is 0. The topological polar surface area (TPSA) is 83.6 Å². The van der Waals surface area contributed by atoms with Gasteiger partial charge in [-0.15, -0.1) is 0 Å². The van der Waals surface area contributed by atoms with Crippen molar-refractivity contribution in [1.29, 1.82) is 0 Å². The van der Waals surface area contributed by atoms with Crippen LogP contribution in [0.1, 0.15) is 51.9 Å². The van der Waals surface area contributed by atoms with E-state index in [0.29, 0.717) is 19.0 Å². The number of rotatable bonds is 3. The molecule has 0 aromatic heterocycles. The first kappa shape index (κ1) is 15.3. The molecule has 0 aromatic rings. The second kappa shape index (κ2) is 6.12. The maximum atomic E-state index is 12.6. The van der Waals surface area contributed by atoms with Crippen molar-refractivity contribution in [2.75, 3.05) is 13.1 Å². The van der Waals surface area contributed by atoms with Gasteiger partial charge in [0.1, 0.15) is 0 Å². The molecule has 1 saturated carbocycles. The van der Waals surface area contributed by atoms with Gasteiger partial charge in [-0.05, 0) is 37.5 Å². The van der Waals surface area contributed by atoms with Crippen molar-refractivity contribution < 1.29 is 14.7 Å². The number of hydrogen-bond donors (Lipinski definition) is 2. The van der Waals surface area contributed by atoms with Gasteiger partial charge in [-0.3, -0.25) is 9.59 Å². The van der Waals surface area contributed by atoms with Crippen molar-refractivity contribution in [1.82, 2.24) is 4.90 Å². The Morgan fingerprint density at radius 3 is 2.50 bits per heavy atom. The lowest BCUT2D eigenvalue weighted by Gasteiger charge is -2.41. The summed E-state index contributed by atoms with van der Waals surface area (Å²) in [5.41, 5.74) is 5.67. The molecule has 2 atom stereocenters. The SMILES string of the molecule is CC1CCCC(N)(C(=O)N2CCC(CC(=O)O)CC2)C1. The molecule has 0 radical (unpaired) electrons. The van der Waals surface area contributed by atoms with E-state index in [9.17, 15) is 9.59 Å². The van der Waals surface area contributed by atoms with Gasteiger partial charge in [-0.25, -0.2) is 0 Å². The minimum absolute atomic E-state index is 0.0813. The second-order valence-electron chi connectivity index (χ2n) is 6.69. The number of nitrogens with two attached hydrogens (primary N) is 1. The van der Waals surface area contributed by atoms with Crippen LogP contribution < -0.4 is 5.73 Å². The lowest BCUT2D eigenvalue weighted by Crippen LogP contribution is -2.58. The molecule has 5 heteroatoms. The number of carboxylic acid groups (broad SMARTS) is 1. The third kappa shape index (κ3) is 3.51. The molecule has 114 valence electrons. The number of piperidine rings is 1. The molecule has 5 nitrogen and oxygen atoms in total. The summed E-state index contributed by atoms with van der Waals surface area (Å²) in [5.74, 6) is 0.0572. The minimum Gasteiger partial charge on any atom is -0.481 e. The van der Waals surface area contributed by atoms with E-state index in [4.69, 9.17) is 10.8 Å². The van der Waals surface area contributed by atoms with Crippen molar-refractivity contribution in [2.24, 2.45) is 17.6 Å². The predicted molar refractivity (Wildman–Crippen MR) is 76.1 cm³/mol. The normalized spacial score (nSPS) is 32.1. The molecule has 1 amide bonds. The summed E-state index contributed by atoms with van der Waals surface area (Å²) in [6.45, 7) is 3.47. The Hall–Kier alpha value is -1.10. The van der Waals surface area contributed by atoms with Crippen molar-refractivity contribution in [3.63, 3.8) is 0 Å². The van der Waals surface area contributed by atoms with Crippen LogP contribution in [-0.2, 0) is 9.59 Å². The highest BCUT2D eigenvalue weighted by atomic mass is 16.4. The number of carboxylic acids is 1. The van der Waals surface area contributed by atoms with Gasteiger partial charge < -0.3 is 15.7 Å². The van der Waals surface area contributed by atoms with E-state index in [0.717, 1.165) is 38.5 Å². The van der Waals surface area contributed by atoms with Crippen molar-refractivity contribution >= 4 is 11.9 Å². The molecule has 20 heavy (non-hydrogen) atoms. The fourth-order valence-corrected chi connectivity index (χ4v) is 3.69. The van der Waals surface area contributed by atoms with Crippen molar-refractivity contribution in [3.05, 3.63) is 0 Å². The zero-order chi connectivity index (χ0) is 14.8. The van der Waals surface area contributed by atoms with Crippen LogP contribution in [-0.4, -0.2) is 40.5 Å². The van der Waals surface area contributed by atoms with Crippen LogP contribution in [0.2, 0.25) is 0 Å². The molecule has 1 saturated heterocycles. The van der Waals surface area contributed by atoms with Crippen molar-refractivity contribution in [2.45, 2.75) is 57.4 Å². The van der Waals surface area contributed by atoms with Gasteiger partial charge in [0.15, 0.2) is 0 Å². The maximum absolute atomic E-state index is 12.6. The van der Waals surface area contributed by atoms with Gasteiger partial charge in [0.2, 0.25) is 5.91 Å². The van der Waals surface area contributed by atoms with Gasteiger partial charge in [0.25, 0.3) is 0 Å². The molecule has 1 heterocycles. The van der Waals surface area contributed by atoms with Gasteiger partial charge in [0.05, 0.1) is 5.54 Å². The van der Waals surface area contributed by atoms with Gasteiger partial charge in [0, 0.05) is 19.5 Å². The standard InChI is InChI=1S/C15H26N2O3/c1-11-3-2-6-15(16,10-11)14(20)17-7-4-12(5-8-17)9-13(18)19/h11-12H,2-10,16H2,1H3,(H,18,19). The summed E-state index contributed by atoms with van der Waals surface area (Å²) in [7, 11) is 0. The molecular formula is C15H26N2O3. The molecule has 0 bridgehead atoms. The third-order valence-electron chi connectivity index (χ3n) is 4.82. The third-order valence-corrected chi connectivity index (χ3v) is 4.82. The van der Waals surface area contributed by atoms with Crippen LogP contribution in [0.15, 0.2) is 0 Å². The molecule has 2 fully saturated rings. The first-order valence-corrected chi connectivity index (χ1v) is 7.71. The van der Waals surface area contributed by atoms with Crippen LogP contribution in [0.5, 0.6) is 0 Å². The van der Waals surface area contributed by atoms with E-state index in [1.165, 1.54) is 0 Å². The highest BCUT2D eigenvalue weighted by Crippen LogP contribution is 2.33. The van der Waals surface area contributed by atoms with Crippen LogP contribution in [0, 0.1) is 11.8 Å². The van der Waals surface area contributed by atoms with Crippen LogP contribution in [0.4, 0.5) is 0 Å². The first-order valence-electron chi connectivity index (χ1n) is 7.71. The lowest BCUT2D eigenvalue weighted by molar-refractivity contribution is -0.141.